The molecule has 0 radical (unpaired) electrons. The van der Waals surface area contributed by atoms with Crippen LogP contribution in [0.5, 0.6) is 0 Å². The third-order valence-corrected chi connectivity index (χ3v) is 5.20. The number of amides is 2. The first-order valence-corrected chi connectivity index (χ1v) is 9.27. The zero-order valence-corrected chi connectivity index (χ0v) is 15.5. The minimum Gasteiger partial charge on any atom is -0.342 e. The van der Waals surface area contributed by atoms with Gasteiger partial charge in [-0.05, 0) is 18.5 Å². The molecule has 5 heteroatoms. The summed E-state index contributed by atoms with van der Waals surface area (Å²) in [5, 5.41) is 0. The third kappa shape index (κ3) is 4.03. The van der Waals surface area contributed by atoms with Crippen LogP contribution in [-0.4, -0.2) is 66.3 Å². The van der Waals surface area contributed by atoms with Gasteiger partial charge in [0, 0.05) is 39.1 Å². The lowest BCUT2D eigenvalue weighted by Gasteiger charge is -2.41. The van der Waals surface area contributed by atoms with Crippen molar-refractivity contribution >= 4 is 11.8 Å². The SMILES string of the molecule is CC(C)CN1C[C@H](C(=O)N2CCN(C)C[C@@H]2c2ccccc2)CC1=O. The van der Waals surface area contributed by atoms with Gasteiger partial charge in [-0.2, -0.15) is 0 Å². The fraction of sp³-hybridized carbons (Fsp3) is 0.600. The van der Waals surface area contributed by atoms with Crippen LogP contribution in [0.15, 0.2) is 30.3 Å². The van der Waals surface area contributed by atoms with Crippen molar-refractivity contribution in [2.45, 2.75) is 26.3 Å². The predicted octanol–water partition coefficient (Wildman–Crippen LogP) is 2.01. The molecule has 2 aliphatic heterocycles. The van der Waals surface area contributed by atoms with E-state index in [2.05, 4.69) is 37.9 Å². The van der Waals surface area contributed by atoms with E-state index in [-0.39, 0.29) is 23.8 Å². The van der Waals surface area contributed by atoms with E-state index in [9.17, 15) is 9.59 Å². The summed E-state index contributed by atoms with van der Waals surface area (Å²) in [4.78, 5) is 31.6. The lowest BCUT2D eigenvalue weighted by Crippen LogP contribution is -2.51. The largest absolute Gasteiger partial charge is 0.342 e. The molecule has 0 saturated carbocycles. The molecule has 2 atom stereocenters. The molecule has 2 amide bonds. The molecule has 0 aromatic heterocycles. The highest BCUT2D eigenvalue weighted by atomic mass is 16.2. The Morgan fingerprint density at radius 2 is 1.88 bits per heavy atom. The van der Waals surface area contributed by atoms with Gasteiger partial charge in [-0.1, -0.05) is 44.2 Å². The van der Waals surface area contributed by atoms with E-state index in [0.717, 1.165) is 26.2 Å². The molecule has 2 heterocycles. The molecular formula is C20H29N3O2. The number of hydrogen-bond acceptors (Lipinski definition) is 3. The highest BCUT2D eigenvalue weighted by Crippen LogP contribution is 2.29. The number of carbonyl (C=O) groups is 2. The molecule has 3 rings (SSSR count). The van der Waals surface area contributed by atoms with Crippen LogP contribution in [0.1, 0.15) is 31.9 Å². The number of likely N-dealkylation sites (N-methyl/N-ethyl adjacent to an activating group) is 1. The van der Waals surface area contributed by atoms with Gasteiger partial charge in [-0.25, -0.2) is 0 Å². The van der Waals surface area contributed by atoms with E-state index in [1.807, 2.05) is 28.0 Å². The zero-order chi connectivity index (χ0) is 18.0. The lowest BCUT2D eigenvalue weighted by atomic mass is 9.99. The van der Waals surface area contributed by atoms with Crippen molar-refractivity contribution in [1.82, 2.24) is 14.7 Å². The molecule has 25 heavy (non-hydrogen) atoms. The van der Waals surface area contributed by atoms with Gasteiger partial charge in [0.15, 0.2) is 0 Å². The molecule has 2 fully saturated rings. The first-order valence-electron chi connectivity index (χ1n) is 9.27. The van der Waals surface area contributed by atoms with Crippen molar-refractivity contribution in [2.24, 2.45) is 11.8 Å². The standard InChI is InChI=1S/C20H29N3O2/c1-15(2)12-22-13-17(11-19(22)24)20(25)23-10-9-21(3)14-18(23)16-7-5-4-6-8-16/h4-8,15,17-18H,9-14H2,1-3H3/t17-,18-/m1/s1. The lowest BCUT2D eigenvalue weighted by molar-refractivity contribution is -0.140. The molecule has 5 nitrogen and oxygen atoms in total. The van der Waals surface area contributed by atoms with E-state index in [1.54, 1.807) is 0 Å². The summed E-state index contributed by atoms with van der Waals surface area (Å²) in [7, 11) is 2.10. The molecule has 2 aliphatic rings. The minimum absolute atomic E-state index is 0.0710. The smallest absolute Gasteiger partial charge is 0.228 e. The topological polar surface area (TPSA) is 43.9 Å². The molecule has 136 valence electrons. The van der Waals surface area contributed by atoms with E-state index in [0.29, 0.717) is 18.9 Å². The molecule has 0 unspecified atom stereocenters. The quantitative estimate of drug-likeness (QED) is 0.840. The van der Waals surface area contributed by atoms with Gasteiger partial charge in [0.1, 0.15) is 0 Å². The zero-order valence-electron chi connectivity index (χ0n) is 15.5. The Morgan fingerprint density at radius 3 is 2.56 bits per heavy atom. The Labute approximate surface area is 150 Å². The minimum atomic E-state index is -0.194. The van der Waals surface area contributed by atoms with Crippen molar-refractivity contribution < 1.29 is 9.59 Å². The number of benzene rings is 1. The number of hydrogen-bond donors (Lipinski definition) is 0. The summed E-state index contributed by atoms with van der Waals surface area (Å²) >= 11 is 0. The monoisotopic (exact) mass is 343 g/mol. The summed E-state index contributed by atoms with van der Waals surface area (Å²) in [6.07, 6.45) is 0.361. The number of carbonyl (C=O) groups excluding carboxylic acids is 2. The van der Waals surface area contributed by atoms with Crippen LogP contribution in [0, 0.1) is 11.8 Å². The number of nitrogens with zero attached hydrogens (tertiary/aromatic N) is 3. The fourth-order valence-electron chi connectivity index (χ4n) is 3.93. The van der Waals surface area contributed by atoms with E-state index in [4.69, 9.17) is 0 Å². The molecule has 0 aliphatic carbocycles. The van der Waals surface area contributed by atoms with E-state index < -0.39 is 0 Å². The van der Waals surface area contributed by atoms with Gasteiger partial charge < -0.3 is 14.7 Å². The van der Waals surface area contributed by atoms with Crippen molar-refractivity contribution in [1.29, 1.82) is 0 Å². The van der Waals surface area contributed by atoms with E-state index in [1.165, 1.54) is 5.56 Å². The van der Waals surface area contributed by atoms with Crippen LogP contribution in [0.3, 0.4) is 0 Å². The maximum absolute atomic E-state index is 13.2. The average molecular weight is 343 g/mol. The Balaban J connectivity index is 1.74. The molecule has 2 saturated heterocycles. The summed E-state index contributed by atoms with van der Waals surface area (Å²) in [5.74, 6) is 0.498. The van der Waals surface area contributed by atoms with Gasteiger partial charge in [-0.15, -0.1) is 0 Å². The normalized spacial score (nSPS) is 25.0. The van der Waals surface area contributed by atoms with Gasteiger partial charge in [0.2, 0.25) is 11.8 Å². The summed E-state index contributed by atoms with van der Waals surface area (Å²) < 4.78 is 0. The highest BCUT2D eigenvalue weighted by Gasteiger charge is 2.40. The van der Waals surface area contributed by atoms with Crippen LogP contribution >= 0.6 is 0 Å². The first kappa shape index (κ1) is 17.9. The summed E-state index contributed by atoms with van der Waals surface area (Å²) in [6, 6.07) is 10.3. The molecular weight excluding hydrogens is 314 g/mol. The third-order valence-electron chi connectivity index (χ3n) is 5.20. The first-order chi connectivity index (χ1) is 12.0. The average Bonchev–Trinajstić information content (AvgIpc) is 2.95. The maximum atomic E-state index is 13.2. The van der Waals surface area contributed by atoms with Crippen molar-refractivity contribution in [3.63, 3.8) is 0 Å². The van der Waals surface area contributed by atoms with Crippen LogP contribution < -0.4 is 0 Å². The highest BCUT2D eigenvalue weighted by molar-refractivity contribution is 5.89. The van der Waals surface area contributed by atoms with Crippen LogP contribution in [0.25, 0.3) is 0 Å². The molecule has 0 spiro atoms. The molecule has 1 aromatic rings. The van der Waals surface area contributed by atoms with Crippen molar-refractivity contribution in [2.75, 3.05) is 39.8 Å². The fourth-order valence-corrected chi connectivity index (χ4v) is 3.93. The Hall–Kier alpha value is -1.88. The number of likely N-dealkylation sites (tertiary alicyclic amines) is 1. The van der Waals surface area contributed by atoms with Gasteiger partial charge in [0.05, 0.1) is 12.0 Å². The van der Waals surface area contributed by atoms with Gasteiger partial charge >= 0.3 is 0 Å². The van der Waals surface area contributed by atoms with Crippen LogP contribution in [0.2, 0.25) is 0 Å². The molecule has 0 N–H and O–H groups in total. The van der Waals surface area contributed by atoms with Crippen molar-refractivity contribution in [3.8, 4) is 0 Å². The van der Waals surface area contributed by atoms with Crippen LogP contribution in [0.4, 0.5) is 0 Å². The second kappa shape index (κ2) is 7.56. The van der Waals surface area contributed by atoms with Crippen molar-refractivity contribution in [3.05, 3.63) is 35.9 Å². The Kier molecular flexibility index (Phi) is 5.42. The summed E-state index contributed by atoms with van der Waals surface area (Å²) in [6.45, 7) is 7.97. The Morgan fingerprint density at radius 1 is 1.16 bits per heavy atom. The van der Waals surface area contributed by atoms with E-state index >= 15 is 0 Å². The molecule has 1 aromatic carbocycles. The van der Waals surface area contributed by atoms with Crippen LogP contribution in [-0.2, 0) is 9.59 Å². The maximum Gasteiger partial charge on any atom is 0.228 e. The van der Waals surface area contributed by atoms with Gasteiger partial charge in [-0.3, -0.25) is 9.59 Å². The number of piperazine rings is 1. The number of rotatable bonds is 4. The molecule has 0 bridgehead atoms. The Bertz CT molecular complexity index is 617. The predicted molar refractivity (Wildman–Crippen MR) is 97.9 cm³/mol. The summed E-state index contributed by atoms with van der Waals surface area (Å²) in [5.41, 5.74) is 1.17. The second-order valence-corrected chi connectivity index (χ2v) is 7.81. The van der Waals surface area contributed by atoms with Gasteiger partial charge in [0.25, 0.3) is 0 Å². The second-order valence-electron chi connectivity index (χ2n) is 7.81.